The first-order valence-electron chi connectivity index (χ1n) is 9.21. The molecule has 3 heteroatoms. The fourth-order valence-electron chi connectivity index (χ4n) is 3.84. The second-order valence-electron chi connectivity index (χ2n) is 7.27. The van der Waals surface area contributed by atoms with E-state index in [1.807, 2.05) is 0 Å². The predicted octanol–water partition coefficient (Wildman–Crippen LogP) is 5.24. The Morgan fingerprint density at radius 1 is 1.00 bits per heavy atom. The summed E-state index contributed by atoms with van der Waals surface area (Å²) in [6.07, 6.45) is 3.94. The summed E-state index contributed by atoms with van der Waals surface area (Å²) in [5.74, 6) is 0.944. The summed E-state index contributed by atoms with van der Waals surface area (Å²) in [6.45, 7) is 4.14. The topological polar surface area (TPSA) is 59.0 Å². The number of rotatable bonds is 2. The fraction of sp³-hybridized carbons (Fsp3) is 0.208. The highest BCUT2D eigenvalue weighted by molar-refractivity contribution is 5.63. The van der Waals surface area contributed by atoms with Crippen molar-refractivity contribution >= 4 is 6.08 Å². The molecule has 1 heterocycles. The molecule has 2 aromatic rings. The molecule has 0 radical (unpaired) electrons. The standard InChI is InChI=1S/C24H22N2O/c1-15-3-7-17(8-4-15)13-19-11-12-20-22(18-9-5-16(2)6-10-18)21(14-25)24(26)27-23(19)20/h3-10,13,22H,11-12,26H2,1-2H3/b19-13+/t22-/m1/s1. The van der Waals surface area contributed by atoms with E-state index in [1.165, 1.54) is 11.1 Å². The Morgan fingerprint density at radius 2 is 1.63 bits per heavy atom. The number of nitrogens with two attached hydrogens (primary N) is 1. The van der Waals surface area contributed by atoms with Crippen LogP contribution in [-0.4, -0.2) is 0 Å². The summed E-state index contributed by atoms with van der Waals surface area (Å²) in [5.41, 5.74) is 13.6. The maximum Gasteiger partial charge on any atom is 0.205 e. The van der Waals surface area contributed by atoms with Crippen LogP contribution in [0.5, 0.6) is 0 Å². The van der Waals surface area contributed by atoms with Gasteiger partial charge in [-0.15, -0.1) is 0 Å². The van der Waals surface area contributed by atoms with E-state index in [9.17, 15) is 5.26 Å². The van der Waals surface area contributed by atoms with Crippen molar-refractivity contribution in [2.45, 2.75) is 32.6 Å². The van der Waals surface area contributed by atoms with Gasteiger partial charge in [0.1, 0.15) is 17.4 Å². The first-order chi connectivity index (χ1) is 13.1. The second kappa shape index (κ2) is 6.81. The molecule has 0 saturated carbocycles. The molecule has 1 atom stereocenters. The molecule has 1 aliphatic heterocycles. The first-order valence-corrected chi connectivity index (χ1v) is 9.21. The second-order valence-corrected chi connectivity index (χ2v) is 7.27. The van der Waals surface area contributed by atoms with E-state index >= 15 is 0 Å². The smallest absolute Gasteiger partial charge is 0.205 e. The third-order valence-electron chi connectivity index (χ3n) is 5.31. The van der Waals surface area contributed by atoms with Gasteiger partial charge in [-0.2, -0.15) is 5.26 Å². The summed E-state index contributed by atoms with van der Waals surface area (Å²) < 4.78 is 5.94. The first kappa shape index (κ1) is 17.2. The Morgan fingerprint density at radius 3 is 2.26 bits per heavy atom. The Hall–Kier alpha value is -3.25. The molecule has 134 valence electrons. The van der Waals surface area contributed by atoms with Gasteiger partial charge >= 0.3 is 0 Å². The van der Waals surface area contributed by atoms with Crippen LogP contribution in [0.3, 0.4) is 0 Å². The number of aryl methyl sites for hydroxylation is 2. The summed E-state index contributed by atoms with van der Waals surface area (Å²) in [6, 6.07) is 19.0. The normalized spacial score (nSPS) is 20.5. The fourth-order valence-corrected chi connectivity index (χ4v) is 3.84. The minimum absolute atomic E-state index is 0.122. The third-order valence-corrected chi connectivity index (χ3v) is 5.31. The lowest BCUT2D eigenvalue weighted by molar-refractivity contribution is 0.292. The zero-order valence-electron chi connectivity index (χ0n) is 15.6. The molecule has 0 unspecified atom stereocenters. The monoisotopic (exact) mass is 354 g/mol. The molecule has 3 nitrogen and oxygen atoms in total. The maximum absolute atomic E-state index is 9.69. The van der Waals surface area contributed by atoms with Crippen molar-refractivity contribution in [3.63, 3.8) is 0 Å². The van der Waals surface area contributed by atoms with E-state index in [0.717, 1.165) is 40.9 Å². The van der Waals surface area contributed by atoms with E-state index in [2.05, 4.69) is 74.5 Å². The molecule has 2 aliphatic rings. The van der Waals surface area contributed by atoms with Crippen LogP contribution >= 0.6 is 0 Å². The Kier molecular flexibility index (Phi) is 4.33. The van der Waals surface area contributed by atoms with Crippen LogP contribution < -0.4 is 5.73 Å². The van der Waals surface area contributed by atoms with Crippen molar-refractivity contribution in [2.75, 3.05) is 0 Å². The lowest BCUT2D eigenvalue weighted by Crippen LogP contribution is -2.19. The van der Waals surface area contributed by atoms with Gasteiger partial charge in [0.25, 0.3) is 0 Å². The van der Waals surface area contributed by atoms with Gasteiger partial charge in [0, 0.05) is 5.92 Å². The number of benzene rings is 2. The van der Waals surface area contributed by atoms with Crippen molar-refractivity contribution in [3.05, 3.63) is 99.1 Å². The van der Waals surface area contributed by atoms with Gasteiger partial charge in [-0.3, -0.25) is 0 Å². The van der Waals surface area contributed by atoms with Crippen molar-refractivity contribution in [1.82, 2.24) is 0 Å². The molecule has 0 fully saturated rings. The molecule has 0 spiro atoms. The van der Waals surface area contributed by atoms with E-state index < -0.39 is 0 Å². The van der Waals surface area contributed by atoms with Crippen molar-refractivity contribution in [3.8, 4) is 6.07 Å². The predicted molar refractivity (Wildman–Crippen MR) is 107 cm³/mol. The largest absolute Gasteiger partial charge is 0.440 e. The van der Waals surface area contributed by atoms with Gasteiger partial charge < -0.3 is 10.5 Å². The number of allylic oxidation sites excluding steroid dienone is 3. The van der Waals surface area contributed by atoms with Crippen molar-refractivity contribution in [2.24, 2.45) is 5.73 Å². The maximum atomic E-state index is 9.69. The highest BCUT2D eigenvalue weighted by atomic mass is 16.5. The zero-order chi connectivity index (χ0) is 19.0. The van der Waals surface area contributed by atoms with Crippen LogP contribution in [0.25, 0.3) is 6.08 Å². The number of nitriles is 1. The quantitative estimate of drug-likeness (QED) is 0.802. The highest BCUT2D eigenvalue weighted by Crippen LogP contribution is 2.48. The number of hydrogen-bond donors (Lipinski definition) is 1. The van der Waals surface area contributed by atoms with Gasteiger partial charge in [0.2, 0.25) is 5.88 Å². The lowest BCUT2D eigenvalue weighted by Gasteiger charge is -2.26. The van der Waals surface area contributed by atoms with Crippen molar-refractivity contribution in [1.29, 1.82) is 5.26 Å². The van der Waals surface area contributed by atoms with Crippen molar-refractivity contribution < 1.29 is 4.74 Å². The molecule has 4 rings (SSSR count). The lowest BCUT2D eigenvalue weighted by atomic mass is 9.83. The number of nitrogens with zero attached hydrogens (tertiary/aromatic N) is 1. The molecule has 0 bridgehead atoms. The van der Waals surface area contributed by atoms with Gasteiger partial charge in [0.15, 0.2) is 0 Å². The molecule has 0 saturated heterocycles. The molecule has 2 N–H and O–H groups in total. The summed E-state index contributed by atoms with van der Waals surface area (Å²) >= 11 is 0. The van der Waals surface area contributed by atoms with E-state index in [-0.39, 0.29) is 11.8 Å². The average Bonchev–Trinajstić information content (AvgIpc) is 3.05. The molecular weight excluding hydrogens is 332 g/mol. The number of ether oxygens (including phenoxy) is 1. The summed E-state index contributed by atoms with van der Waals surface area (Å²) in [5, 5.41) is 9.69. The van der Waals surface area contributed by atoms with E-state index in [1.54, 1.807) is 0 Å². The zero-order valence-corrected chi connectivity index (χ0v) is 15.6. The van der Waals surface area contributed by atoms with Crippen LogP contribution in [0.15, 0.2) is 76.9 Å². The van der Waals surface area contributed by atoms with E-state index in [4.69, 9.17) is 10.5 Å². The van der Waals surface area contributed by atoms with Crippen LogP contribution in [0.1, 0.15) is 41.0 Å². The van der Waals surface area contributed by atoms with E-state index in [0.29, 0.717) is 5.57 Å². The van der Waals surface area contributed by atoms with Gasteiger partial charge in [-0.05, 0) is 55.0 Å². The molecule has 0 aromatic heterocycles. The third kappa shape index (κ3) is 3.15. The Bertz CT molecular complexity index is 1020. The summed E-state index contributed by atoms with van der Waals surface area (Å²) in [7, 11) is 0. The number of hydrogen-bond acceptors (Lipinski definition) is 3. The SMILES string of the molecule is Cc1ccc(/C=C2\CCC3=C2OC(N)=C(C#N)[C@@H]3c2ccc(C)cc2)cc1. The van der Waals surface area contributed by atoms with Crippen LogP contribution in [-0.2, 0) is 4.74 Å². The molecule has 2 aromatic carbocycles. The Labute approximate surface area is 160 Å². The van der Waals surface area contributed by atoms with Gasteiger partial charge in [-0.1, -0.05) is 59.7 Å². The minimum atomic E-state index is -0.122. The summed E-state index contributed by atoms with van der Waals surface area (Å²) in [4.78, 5) is 0. The average molecular weight is 354 g/mol. The molecule has 0 amide bonds. The van der Waals surface area contributed by atoms with Gasteiger partial charge in [-0.25, -0.2) is 0 Å². The minimum Gasteiger partial charge on any atom is -0.440 e. The van der Waals surface area contributed by atoms with Crippen LogP contribution in [0.2, 0.25) is 0 Å². The highest BCUT2D eigenvalue weighted by Gasteiger charge is 2.36. The van der Waals surface area contributed by atoms with Crippen LogP contribution in [0.4, 0.5) is 0 Å². The van der Waals surface area contributed by atoms with Crippen LogP contribution in [0, 0.1) is 25.2 Å². The molecule has 27 heavy (non-hydrogen) atoms. The molecule has 1 aliphatic carbocycles. The van der Waals surface area contributed by atoms with Gasteiger partial charge in [0.05, 0.1) is 0 Å². The molecular formula is C24H22N2O. The Balaban J connectivity index is 1.78.